The van der Waals surface area contributed by atoms with Gasteiger partial charge >= 0.3 is 0 Å². The molecule has 4 rings (SSSR count). The number of hydrogen-bond acceptors (Lipinski definition) is 4. The lowest BCUT2D eigenvalue weighted by Gasteiger charge is -2.20. The number of hydrogen-bond donors (Lipinski definition) is 1. The molecule has 1 aliphatic heterocycles. The van der Waals surface area contributed by atoms with E-state index in [1.165, 1.54) is 0 Å². The number of anilines is 2. The Morgan fingerprint density at radius 3 is 2.53 bits per heavy atom. The van der Waals surface area contributed by atoms with Crippen molar-refractivity contribution in [2.75, 3.05) is 23.9 Å². The molecule has 8 heteroatoms. The molecule has 1 saturated heterocycles. The van der Waals surface area contributed by atoms with Crippen molar-refractivity contribution in [3.63, 3.8) is 0 Å². The highest BCUT2D eigenvalue weighted by atomic mass is 35.5. The largest absolute Gasteiger partial charge is 0.495 e. The summed E-state index contributed by atoms with van der Waals surface area (Å²) in [4.78, 5) is 27.5. The van der Waals surface area contributed by atoms with E-state index in [2.05, 4.69) is 11.4 Å². The third-order valence-corrected chi connectivity index (χ3v) is 6.95. The first-order chi connectivity index (χ1) is 17.2. The van der Waals surface area contributed by atoms with Crippen molar-refractivity contribution < 1.29 is 14.3 Å². The van der Waals surface area contributed by atoms with Crippen LogP contribution in [-0.2, 0) is 9.59 Å². The van der Waals surface area contributed by atoms with Gasteiger partial charge in [0, 0.05) is 28.7 Å². The molecule has 2 amide bonds. The average Bonchev–Trinajstić information content (AvgIpc) is 3.25. The molecule has 1 N–H and O–H groups in total. The maximum atomic E-state index is 13.1. The van der Waals surface area contributed by atoms with Gasteiger partial charge < -0.3 is 15.0 Å². The van der Waals surface area contributed by atoms with Crippen LogP contribution in [0.15, 0.2) is 54.6 Å². The van der Waals surface area contributed by atoms with E-state index in [9.17, 15) is 14.9 Å². The molecule has 3 aromatic rings. The highest BCUT2D eigenvalue weighted by Crippen LogP contribution is 2.36. The van der Waals surface area contributed by atoms with Crippen molar-refractivity contribution in [1.82, 2.24) is 0 Å². The molecule has 184 valence electrons. The zero-order chi connectivity index (χ0) is 26.0. The predicted molar refractivity (Wildman–Crippen MR) is 142 cm³/mol. The minimum Gasteiger partial charge on any atom is -0.495 e. The Kier molecular flexibility index (Phi) is 7.53. The number of methoxy groups -OCH3 is 1. The smallest absolute Gasteiger partial charge is 0.229 e. The molecule has 0 aliphatic carbocycles. The summed E-state index contributed by atoms with van der Waals surface area (Å²) in [6.07, 6.45) is 0.0981. The summed E-state index contributed by atoms with van der Waals surface area (Å²) in [5.74, 6) is -0.922. The molecule has 0 bridgehead atoms. The summed E-state index contributed by atoms with van der Waals surface area (Å²) in [6.45, 7) is 4.03. The lowest BCUT2D eigenvalue weighted by Crippen LogP contribution is -2.28. The Balaban J connectivity index is 1.53. The highest BCUT2D eigenvalue weighted by molar-refractivity contribution is 6.32. The second-order valence-electron chi connectivity index (χ2n) is 8.87. The Bertz CT molecular complexity index is 1370. The number of nitriles is 1. The number of carbonyl (C=O) groups is 2. The molecule has 2 unspecified atom stereocenters. The molecule has 0 saturated carbocycles. The van der Waals surface area contributed by atoms with Gasteiger partial charge in [0.1, 0.15) is 5.75 Å². The SMILES string of the molecule is COc1ccc(C)cc1N1CC(C(=O)Nc2cc(Cl)c(C(C#N)c3ccc(Cl)cc3)cc2C)CC1=O. The van der Waals surface area contributed by atoms with Gasteiger partial charge in [-0.05, 0) is 66.4 Å². The van der Waals surface area contributed by atoms with Crippen LogP contribution >= 0.6 is 23.2 Å². The van der Waals surface area contributed by atoms with E-state index >= 15 is 0 Å². The molecule has 0 aromatic heterocycles. The van der Waals surface area contributed by atoms with E-state index in [0.717, 1.165) is 16.7 Å². The minimum absolute atomic E-state index is 0.0981. The Morgan fingerprint density at radius 2 is 1.86 bits per heavy atom. The van der Waals surface area contributed by atoms with Crippen molar-refractivity contribution in [3.8, 4) is 11.8 Å². The van der Waals surface area contributed by atoms with E-state index in [4.69, 9.17) is 27.9 Å². The standard InChI is InChI=1S/C28H25Cl2N3O3/c1-16-4-9-26(36-3)25(10-16)33-15-19(12-27(33)34)28(35)32-24-13-23(30)21(11-17(24)2)22(14-31)18-5-7-20(29)8-6-18/h4-11,13,19,22H,12,15H2,1-3H3,(H,32,35). The number of halogens is 2. The van der Waals surface area contributed by atoms with Crippen LogP contribution < -0.4 is 15.0 Å². The van der Waals surface area contributed by atoms with Crippen LogP contribution in [-0.4, -0.2) is 25.5 Å². The molecule has 6 nitrogen and oxygen atoms in total. The summed E-state index contributed by atoms with van der Waals surface area (Å²) in [5.41, 5.74) is 4.37. The van der Waals surface area contributed by atoms with Crippen LogP contribution in [0.4, 0.5) is 11.4 Å². The Hall–Kier alpha value is -3.53. The first-order valence-electron chi connectivity index (χ1n) is 11.4. The van der Waals surface area contributed by atoms with Gasteiger partial charge in [-0.1, -0.05) is 47.5 Å². The van der Waals surface area contributed by atoms with Crippen LogP contribution in [0.3, 0.4) is 0 Å². The number of aryl methyl sites for hydroxylation is 2. The number of ether oxygens (including phenoxy) is 1. The third-order valence-electron chi connectivity index (χ3n) is 6.37. The van der Waals surface area contributed by atoms with E-state index < -0.39 is 11.8 Å². The number of nitrogens with zero attached hydrogens (tertiary/aromatic N) is 2. The second kappa shape index (κ2) is 10.6. The number of benzene rings is 3. The molecule has 1 heterocycles. The van der Waals surface area contributed by atoms with E-state index in [1.807, 2.05) is 38.1 Å². The van der Waals surface area contributed by atoms with Crippen LogP contribution in [0.2, 0.25) is 10.0 Å². The molecule has 0 radical (unpaired) electrons. The van der Waals surface area contributed by atoms with E-state index in [0.29, 0.717) is 32.7 Å². The monoisotopic (exact) mass is 521 g/mol. The zero-order valence-corrected chi connectivity index (χ0v) is 21.7. The predicted octanol–water partition coefficient (Wildman–Crippen LogP) is 6.27. The van der Waals surface area contributed by atoms with Gasteiger partial charge in [-0.25, -0.2) is 0 Å². The fourth-order valence-corrected chi connectivity index (χ4v) is 4.80. The summed E-state index contributed by atoms with van der Waals surface area (Å²) in [7, 11) is 1.55. The summed E-state index contributed by atoms with van der Waals surface area (Å²) in [5, 5.41) is 13.7. The Labute approximate surface area is 220 Å². The third kappa shape index (κ3) is 5.18. The van der Waals surface area contributed by atoms with Crippen molar-refractivity contribution in [1.29, 1.82) is 5.26 Å². The molecule has 1 aliphatic rings. The number of carbonyl (C=O) groups excluding carboxylic acids is 2. The van der Waals surface area contributed by atoms with Gasteiger partial charge in [0.25, 0.3) is 0 Å². The van der Waals surface area contributed by atoms with Crippen LogP contribution in [0.5, 0.6) is 5.75 Å². The van der Waals surface area contributed by atoms with Crippen molar-refractivity contribution in [2.45, 2.75) is 26.2 Å². The van der Waals surface area contributed by atoms with Gasteiger partial charge in [-0.3, -0.25) is 9.59 Å². The maximum Gasteiger partial charge on any atom is 0.229 e. The van der Waals surface area contributed by atoms with Crippen molar-refractivity contribution in [2.24, 2.45) is 5.92 Å². The maximum absolute atomic E-state index is 13.1. The minimum atomic E-state index is -0.580. The number of rotatable bonds is 6. The van der Waals surface area contributed by atoms with Gasteiger partial charge in [0.05, 0.1) is 30.7 Å². The fraction of sp³-hybridized carbons (Fsp3) is 0.250. The van der Waals surface area contributed by atoms with Gasteiger partial charge in [0.2, 0.25) is 11.8 Å². The average molecular weight is 522 g/mol. The van der Waals surface area contributed by atoms with E-state index in [-0.39, 0.29) is 24.8 Å². The van der Waals surface area contributed by atoms with Crippen molar-refractivity contribution >= 4 is 46.4 Å². The number of amides is 2. The van der Waals surface area contributed by atoms with Crippen LogP contribution in [0.1, 0.15) is 34.6 Å². The lowest BCUT2D eigenvalue weighted by atomic mass is 9.91. The molecule has 0 spiro atoms. The topological polar surface area (TPSA) is 82.4 Å². The summed E-state index contributed by atoms with van der Waals surface area (Å²) in [6, 6.07) is 18.4. The quantitative estimate of drug-likeness (QED) is 0.414. The van der Waals surface area contributed by atoms with Gasteiger partial charge in [-0.2, -0.15) is 5.26 Å². The lowest BCUT2D eigenvalue weighted by molar-refractivity contribution is -0.122. The fourth-order valence-electron chi connectivity index (χ4n) is 4.40. The Morgan fingerprint density at radius 1 is 1.14 bits per heavy atom. The number of nitrogens with one attached hydrogen (secondary N) is 1. The first-order valence-corrected chi connectivity index (χ1v) is 12.2. The molecule has 1 fully saturated rings. The van der Waals surface area contributed by atoms with Crippen LogP contribution in [0.25, 0.3) is 0 Å². The van der Waals surface area contributed by atoms with Crippen LogP contribution in [0, 0.1) is 31.1 Å². The zero-order valence-electron chi connectivity index (χ0n) is 20.1. The van der Waals surface area contributed by atoms with Gasteiger partial charge in [0.15, 0.2) is 0 Å². The normalized spacial score (nSPS) is 15.9. The van der Waals surface area contributed by atoms with E-state index in [1.54, 1.807) is 42.3 Å². The van der Waals surface area contributed by atoms with Crippen molar-refractivity contribution in [3.05, 3.63) is 86.9 Å². The summed E-state index contributed by atoms with van der Waals surface area (Å²) < 4.78 is 5.42. The highest BCUT2D eigenvalue weighted by Gasteiger charge is 2.36. The van der Waals surface area contributed by atoms with Gasteiger partial charge in [-0.15, -0.1) is 0 Å². The first kappa shape index (κ1) is 25.6. The molecular formula is C28H25Cl2N3O3. The molecule has 36 heavy (non-hydrogen) atoms. The second-order valence-corrected chi connectivity index (χ2v) is 9.72. The molecular weight excluding hydrogens is 497 g/mol. The summed E-state index contributed by atoms with van der Waals surface area (Å²) >= 11 is 12.5. The molecule has 3 aromatic carbocycles. The molecule has 2 atom stereocenters.